The van der Waals surface area contributed by atoms with E-state index in [1.807, 2.05) is 0 Å². The molecule has 1 aliphatic heterocycles. The molecule has 130 valence electrons. The predicted octanol–water partition coefficient (Wildman–Crippen LogP) is 4.32. The SMILES string of the molecule is O=C(O)C1=Cc2cc(Cl)c(Oc3cccnc3)cc2O[C@@H]1C(F)(F)F. The van der Waals surface area contributed by atoms with Gasteiger partial charge in [-0.05, 0) is 24.3 Å². The average molecular weight is 372 g/mol. The highest BCUT2D eigenvalue weighted by atomic mass is 35.5. The topological polar surface area (TPSA) is 68.7 Å². The number of alkyl halides is 3. The Bertz CT molecular complexity index is 852. The second-order valence-corrected chi connectivity index (χ2v) is 5.46. The minimum Gasteiger partial charge on any atom is -0.478 e. The molecule has 3 rings (SSSR count). The Labute approximate surface area is 144 Å². The van der Waals surface area contributed by atoms with Crippen molar-refractivity contribution in [2.45, 2.75) is 12.3 Å². The third-order valence-corrected chi connectivity index (χ3v) is 3.60. The molecule has 0 saturated heterocycles. The summed E-state index contributed by atoms with van der Waals surface area (Å²) in [6.45, 7) is 0. The molecule has 1 atom stereocenters. The van der Waals surface area contributed by atoms with E-state index in [4.69, 9.17) is 26.2 Å². The number of benzene rings is 1. The van der Waals surface area contributed by atoms with Gasteiger partial charge < -0.3 is 14.6 Å². The van der Waals surface area contributed by atoms with Crippen molar-refractivity contribution >= 4 is 23.6 Å². The zero-order valence-corrected chi connectivity index (χ0v) is 13.0. The number of carbonyl (C=O) groups is 1. The van der Waals surface area contributed by atoms with E-state index in [-0.39, 0.29) is 22.1 Å². The molecule has 1 aromatic heterocycles. The van der Waals surface area contributed by atoms with E-state index in [1.165, 1.54) is 24.5 Å². The summed E-state index contributed by atoms with van der Waals surface area (Å²) in [5, 5.41) is 9.08. The lowest BCUT2D eigenvalue weighted by Crippen LogP contribution is -2.40. The zero-order valence-electron chi connectivity index (χ0n) is 12.2. The minimum absolute atomic E-state index is 0.0570. The standard InChI is InChI=1S/C16H9ClF3NO4/c17-11-5-8-4-10(15(22)23)14(16(18,19)20)25-12(8)6-13(11)24-9-2-1-3-21-7-9/h1-7,14H,(H,22,23)/t14-/m0/s1. The number of halogens is 4. The van der Waals surface area contributed by atoms with Crippen molar-refractivity contribution in [1.82, 2.24) is 4.98 Å². The maximum absolute atomic E-state index is 13.1. The molecule has 0 saturated carbocycles. The molecular weight excluding hydrogens is 363 g/mol. The third-order valence-electron chi connectivity index (χ3n) is 3.31. The quantitative estimate of drug-likeness (QED) is 0.870. The van der Waals surface area contributed by atoms with Crippen LogP contribution in [0.2, 0.25) is 5.02 Å². The van der Waals surface area contributed by atoms with Crippen LogP contribution >= 0.6 is 11.6 Å². The Balaban J connectivity index is 2.02. The van der Waals surface area contributed by atoms with Crippen LogP contribution < -0.4 is 9.47 Å². The summed E-state index contributed by atoms with van der Waals surface area (Å²) < 4.78 is 49.6. The Kier molecular flexibility index (Phi) is 4.30. The normalized spacial score (nSPS) is 16.5. The van der Waals surface area contributed by atoms with Crippen LogP contribution in [0.1, 0.15) is 5.56 Å². The number of carboxylic acid groups (broad SMARTS) is 1. The smallest absolute Gasteiger partial charge is 0.430 e. The third kappa shape index (κ3) is 3.53. The maximum atomic E-state index is 13.1. The molecule has 25 heavy (non-hydrogen) atoms. The molecule has 9 heteroatoms. The van der Waals surface area contributed by atoms with Crippen LogP contribution in [0.25, 0.3) is 6.08 Å². The molecule has 0 radical (unpaired) electrons. The van der Waals surface area contributed by atoms with E-state index in [9.17, 15) is 18.0 Å². The molecule has 1 N–H and O–H groups in total. The van der Waals surface area contributed by atoms with Gasteiger partial charge in [0, 0.05) is 17.8 Å². The number of hydrogen-bond donors (Lipinski definition) is 1. The van der Waals surface area contributed by atoms with Crippen molar-refractivity contribution < 1.29 is 32.5 Å². The summed E-state index contributed by atoms with van der Waals surface area (Å²) in [5.41, 5.74) is -0.807. The van der Waals surface area contributed by atoms with Crippen molar-refractivity contribution in [1.29, 1.82) is 0 Å². The molecule has 0 unspecified atom stereocenters. The van der Waals surface area contributed by atoms with Gasteiger partial charge in [-0.3, -0.25) is 4.98 Å². The van der Waals surface area contributed by atoms with Crippen LogP contribution in [0.3, 0.4) is 0 Å². The van der Waals surface area contributed by atoms with E-state index >= 15 is 0 Å². The second-order valence-electron chi connectivity index (χ2n) is 5.06. The van der Waals surface area contributed by atoms with Crippen LogP contribution in [0, 0.1) is 0 Å². The molecule has 0 amide bonds. The van der Waals surface area contributed by atoms with Gasteiger partial charge in [0.15, 0.2) is 0 Å². The van der Waals surface area contributed by atoms with E-state index < -0.39 is 23.8 Å². The summed E-state index contributed by atoms with van der Waals surface area (Å²) >= 11 is 6.06. The number of nitrogens with zero attached hydrogens (tertiary/aromatic N) is 1. The summed E-state index contributed by atoms with van der Waals surface area (Å²) in [5.74, 6) is -1.52. The molecule has 1 aromatic carbocycles. The highest BCUT2D eigenvalue weighted by Gasteiger charge is 2.48. The number of aliphatic carboxylic acids is 1. The van der Waals surface area contributed by atoms with Crippen molar-refractivity contribution in [2.75, 3.05) is 0 Å². The van der Waals surface area contributed by atoms with Gasteiger partial charge in [0.2, 0.25) is 6.10 Å². The first-order valence-corrected chi connectivity index (χ1v) is 7.23. The van der Waals surface area contributed by atoms with Crippen LogP contribution in [0.5, 0.6) is 17.2 Å². The van der Waals surface area contributed by atoms with Crippen LogP contribution in [0.15, 0.2) is 42.2 Å². The summed E-state index contributed by atoms with van der Waals surface area (Å²) in [6.07, 6.45) is -3.65. The van der Waals surface area contributed by atoms with Crippen molar-refractivity contribution in [2.24, 2.45) is 0 Å². The molecule has 0 bridgehead atoms. The number of ether oxygens (including phenoxy) is 2. The Morgan fingerprint density at radius 2 is 2.12 bits per heavy atom. The second kappa shape index (κ2) is 6.29. The van der Waals surface area contributed by atoms with Gasteiger partial charge in [-0.2, -0.15) is 13.2 Å². The molecule has 5 nitrogen and oxygen atoms in total. The van der Waals surface area contributed by atoms with Crippen molar-refractivity contribution in [3.63, 3.8) is 0 Å². The lowest BCUT2D eigenvalue weighted by molar-refractivity contribution is -0.187. The number of aromatic nitrogens is 1. The summed E-state index contributed by atoms with van der Waals surface area (Å²) in [4.78, 5) is 15.0. The molecule has 0 fully saturated rings. The van der Waals surface area contributed by atoms with Crippen molar-refractivity contribution in [3.05, 3.63) is 52.8 Å². The minimum atomic E-state index is -4.88. The highest BCUT2D eigenvalue weighted by molar-refractivity contribution is 6.32. The Morgan fingerprint density at radius 1 is 1.36 bits per heavy atom. The molecule has 2 aromatic rings. The van der Waals surface area contributed by atoms with Gasteiger partial charge >= 0.3 is 12.1 Å². The van der Waals surface area contributed by atoms with Gasteiger partial charge in [0.05, 0.1) is 16.8 Å². The first-order chi connectivity index (χ1) is 11.8. The lowest BCUT2D eigenvalue weighted by atomic mass is 10.0. The van der Waals surface area contributed by atoms with E-state index in [0.29, 0.717) is 5.75 Å². The first kappa shape index (κ1) is 17.1. The van der Waals surface area contributed by atoms with Gasteiger partial charge in [-0.15, -0.1) is 0 Å². The first-order valence-electron chi connectivity index (χ1n) is 6.85. The Morgan fingerprint density at radius 3 is 2.72 bits per heavy atom. The lowest BCUT2D eigenvalue weighted by Gasteiger charge is -2.27. The number of rotatable bonds is 3. The fourth-order valence-corrected chi connectivity index (χ4v) is 2.44. The summed E-state index contributed by atoms with van der Waals surface area (Å²) in [7, 11) is 0. The predicted molar refractivity (Wildman–Crippen MR) is 81.8 cm³/mol. The number of pyridine rings is 1. The molecule has 1 aliphatic rings. The van der Waals surface area contributed by atoms with Gasteiger partial charge in [-0.25, -0.2) is 4.79 Å². The van der Waals surface area contributed by atoms with Crippen LogP contribution in [-0.2, 0) is 4.79 Å². The van der Waals surface area contributed by atoms with E-state index in [1.54, 1.807) is 12.1 Å². The largest absolute Gasteiger partial charge is 0.478 e. The molecule has 0 aliphatic carbocycles. The van der Waals surface area contributed by atoms with Crippen LogP contribution in [0.4, 0.5) is 13.2 Å². The average Bonchev–Trinajstić information content (AvgIpc) is 2.54. The fraction of sp³-hybridized carbons (Fsp3) is 0.125. The maximum Gasteiger partial charge on any atom is 0.430 e. The Hall–Kier alpha value is -2.74. The number of hydrogen-bond acceptors (Lipinski definition) is 4. The van der Waals surface area contributed by atoms with Gasteiger partial charge in [-0.1, -0.05) is 11.6 Å². The molecular formula is C16H9ClF3NO4. The van der Waals surface area contributed by atoms with Gasteiger partial charge in [0.1, 0.15) is 17.2 Å². The van der Waals surface area contributed by atoms with Crippen molar-refractivity contribution in [3.8, 4) is 17.2 Å². The summed E-state index contributed by atoms with van der Waals surface area (Å²) in [6, 6.07) is 5.65. The van der Waals surface area contributed by atoms with Gasteiger partial charge in [0.25, 0.3) is 0 Å². The monoisotopic (exact) mass is 371 g/mol. The molecule has 0 spiro atoms. The number of fused-ring (bicyclic) bond motifs is 1. The zero-order chi connectivity index (χ0) is 18.2. The fourth-order valence-electron chi connectivity index (χ4n) is 2.23. The van der Waals surface area contributed by atoms with E-state index in [0.717, 1.165) is 6.08 Å². The van der Waals surface area contributed by atoms with Crippen LogP contribution in [-0.4, -0.2) is 28.3 Å². The molecule has 2 heterocycles. The highest BCUT2D eigenvalue weighted by Crippen LogP contribution is 2.42. The number of carboxylic acids is 1. The van der Waals surface area contributed by atoms with E-state index in [2.05, 4.69) is 4.98 Å².